The van der Waals surface area contributed by atoms with Gasteiger partial charge in [0, 0.05) is 25.3 Å². The minimum Gasteiger partial charge on any atom is -0.282 e. The maximum atomic E-state index is 12.4. The number of likely N-dealkylation sites (tertiary alicyclic amines) is 1. The van der Waals surface area contributed by atoms with E-state index in [2.05, 4.69) is 12.2 Å². The average Bonchev–Trinajstić information content (AvgIpc) is 3.10. The maximum Gasteiger partial charge on any atom is 0.233 e. The van der Waals surface area contributed by atoms with Crippen LogP contribution < -0.4 is 0 Å². The summed E-state index contributed by atoms with van der Waals surface area (Å²) in [4.78, 5) is 26.5. The van der Waals surface area contributed by atoms with E-state index in [9.17, 15) is 9.59 Å². The molecule has 0 aromatic rings. The lowest BCUT2D eigenvalue weighted by Crippen LogP contribution is -2.36. The molecular formula is C16H20NO2+. The van der Waals surface area contributed by atoms with E-state index < -0.39 is 0 Å². The maximum absolute atomic E-state index is 12.4. The first-order chi connectivity index (χ1) is 9.24. The number of imide groups is 1. The van der Waals surface area contributed by atoms with Crippen molar-refractivity contribution in [2.45, 2.75) is 38.5 Å². The topological polar surface area (TPSA) is 37.4 Å². The molecule has 19 heavy (non-hydrogen) atoms. The molecule has 4 aliphatic rings. The van der Waals surface area contributed by atoms with Crippen LogP contribution in [0, 0.1) is 35.7 Å². The second-order valence-corrected chi connectivity index (χ2v) is 6.71. The number of allylic oxidation sites excluding steroid dienone is 2. The first kappa shape index (κ1) is 11.6. The number of rotatable bonds is 2. The van der Waals surface area contributed by atoms with Crippen molar-refractivity contribution in [3.05, 3.63) is 12.2 Å². The molecule has 0 aromatic heterocycles. The van der Waals surface area contributed by atoms with Gasteiger partial charge in [-0.05, 0) is 18.8 Å². The zero-order valence-corrected chi connectivity index (χ0v) is 11.2. The lowest BCUT2D eigenvalue weighted by Gasteiger charge is -2.21. The Morgan fingerprint density at radius 3 is 2.32 bits per heavy atom. The first-order valence-electron chi connectivity index (χ1n) is 7.68. The minimum absolute atomic E-state index is 0.0157. The summed E-state index contributed by atoms with van der Waals surface area (Å²) in [5.41, 5.74) is 0. The van der Waals surface area contributed by atoms with Gasteiger partial charge in [0.2, 0.25) is 17.9 Å². The van der Waals surface area contributed by atoms with Crippen LogP contribution in [0.3, 0.4) is 0 Å². The zero-order valence-electron chi connectivity index (χ0n) is 11.2. The molecule has 1 aliphatic heterocycles. The Hall–Kier alpha value is -1.21. The quantitative estimate of drug-likeness (QED) is 0.562. The summed E-state index contributed by atoms with van der Waals surface area (Å²) >= 11 is 0. The molecule has 3 nitrogen and oxygen atoms in total. The van der Waals surface area contributed by atoms with Gasteiger partial charge >= 0.3 is 0 Å². The Kier molecular flexibility index (Phi) is 2.53. The summed E-state index contributed by atoms with van der Waals surface area (Å²) < 4.78 is 0. The standard InChI is InChI=1S/C16H20NO2/c18-15-13-3-1-2-4-14(13)16(19)17(15)9-12-8-10-5-6-11(12)7-10/h6,10-14H,1-4,7-9H2/q+1. The van der Waals surface area contributed by atoms with Gasteiger partial charge in [0.1, 0.15) is 0 Å². The zero-order chi connectivity index (χ0) is 13.0. The van der Waals surface area contributed by atoms with Crippen LogP contribution in [0.4, 0.5) is 0 Å². The normalized spacial score (nSPS) is 43.8. The second-order valence-electron chi connectivity index (χ2n) is 6.71. The Morgan fingerprint density at radius 1 is 1.11 bits per heavy atom. The molecule has 1 saturated heterocycles. The van der Waals surface area contributed by atoms with Gasteiger partial charge in [0.25, 0.3) is 0 Å². The average molecular weight is 258 g/mol. The molecule has 0 radical (unpaired) electrons. The van der Waals surface area contributed by atoms with Crippen LogP contribution in [0.5, 0.6) is 0 Å². The molecule has 0 N–H and O–H groups in total. The van der Waals surface area contributed by atoms with Crippen molar-refractivity contribution in [1.29, 1.82) is 0 Å². The number of hydrogen-bond acceptors (Lipinski definition) is 2. The van der Waals surface area contributed by atoms with Gasteiger partial charge in [-0.2, -0.15) is 0 Å². The lowest BCUT2D eigenvalue weighted by atomic mass is 9.81. The highest BCUT2D eigenvalue weighted by Crippen LogP contribution is 2.45. The summed E-state index contributed by atoms with van der Waals surface area (Å²) in [5.74, 6) is 1.94. The van der Waals surface area contributed by atoms with Crippen LogP contribution in [0.1, 0.15) is 38.5 Å². The monoisotopic (exact) mass is 258 g/mol. The van der Waals surface area contributed by atoms with E-state index in [1.54, 1.807) is 4.90 Å². The largest absolute Gasteiger partial charge is 0.282 e. The Labute approximate surface area is 114 Å². The van der Waals surface area contributed by atoms with Crippen molar-refractivity contribution in [1.82, 2.24) is 4.90 Å². The molecule has 4 rings (SSSR count). The van der Waals surface area contributed by atoms with E-state index >= 15 is 0 Å². The molecular weight excluding hydrogens is 238 g/mol. The van der Waals surface area contributed by atoms with Crippen LogP contribution in [0.15, 0.2) is 6.08 Å². The van der Waals surface area contributed by atoms with Crippen LogP contribution in [-0.4, -0.2) is 23.3 Å². The van der Waals surface area contributed by atoms with Gasteiger partial charge in [-0.15, -0.1) is 0 Å². The SMILES string of the molecule is O=C1C2CCCCC2C(=O)N1CC1CC2[C+]=CC1C2. The number of carbonyl (C=O) groups is 2. The summed E-state index contributed by atoms with van der Waals surface area (Å²) in [6.45, 7) is 0.671. The highest BCUT2D eigenvalue weighted by molar-refractivity contribution is 6.05. The fraction of sp³-hybridized carbons (Fsp3) is 0.750. The van der Waals surface area contributed by atoms with Crippen molar-refractivity contribution >= 4 is 11.8 Å². The number of nitrogens with zero attached hydrogens (tertiary/aromatic N) is 1. The smallest absolute Gasteiger partial charge is 0.233 e. The lowest BCUT2D eigenvalue weighted by molar-refractivity contribution is -0.140. The van der Waals surface area contributed by atoms with Crippen LogP contribution in [-0.2, 0) is 9.59 Å². The predicted molar refractivity (Wildman–Crippen MR) is 69.7 cm³/mol. The highest BCUT2D eigenvalue weighted by Gasteiger charge is 2.51. The van der Waals surface area contributed by atoms with E-state index in [4.69, 9.17) is 0 Å². The van der Waals surface area contributed by atoms with E-state index in [1.165, 1.54) is 6.42 Å². The van der Waals surface area contributed by atoms with Gasteiger partial charge in [0.05, 0.1) is 11.8 Å². The van der Waals surface area contributed by atoms with Gasteiger partial charge < -0.3 is 0 Å². The third kappa shape index (κ3) is 1.68. The van der Waals surface area contributed by atoms with Crippen molar-refractivity contribution in [3.63, 3.8) is 0 Å². The predicted octanol–water partition coefficient (Wildman–Crippen LogP) is 2.18. The van der Waals surface area contributed by atoms with Crippen molar-refractivity contribution in [3.8, 4) is 0 Å². The van der Waals surface area contributed by atoms with E-state index in [0.717, 1.165) is 32.1 Å². The van der Waals surface area contributed by atoms with Crippen molar-refractivity contribution < 1.29 is 9.59 Å². The van der Waals surface area contributed by atoms with E-state index in [0.29, 0.717) is 24.3 Å². The van der Waals surface area contributed by atoms with Crippen LogP contribution >= 0.6 is 0 Å². The summed E-state index contributed by atoms with van der Waals surface area (Å²) in [5, 5.41) is 0. The molecule has 3 heteroatoms. The molecule has 2 saturated carbocycles. The van der Waals surface area contributed by atoms with Gasteiger partial charge in [0.15, 0.2) is 12.0 Å². The molecule has 1 heterocycles. The third-order valence-electron chi connectivity index (χ3n) is 5.64. The Bertz CT molecular complexity index is 432. The minimum atomic E-state index is 0.0157. The molecule has 5 atom stereocenters. The molecule has 2 bridgehead atoms. The Morgan fingerprint density at radius 2 is 1.79 bits per heavy atom. The number of fused-ring (bicyclic) bond motifs is 3. The number of amides is 2. The highest BCUT2D eigenvalue weighted by atomic mass is 16.2. The molecule has 3 fully saturated rings. The first-order valence-corrected chi connectivity index (χ1v) is 7.68. The number of carbonyl (C=O) groups excluding carboxylic acids is 2. The fourth-order valence-electron chi connectivity index (χ4n) is 4.61. The van der Waals surface area contributed by atoms with Gasteiger partial charge in [-0.1, -0.05) is 12.8 Å². The van der Waals surface area contributed by atoms with Crippen LogP contribution in [0.2, 0.25) is 0 Å². The van der Waals surface area contributed by atoms with E-state index in [1.807, 2.05) is 0 Å². The molecule has 2 amide bonds. The molecule has 100 valence electrons. The van der Waals surface area contributed by atoms with Crippen molar-refractivity contribution in [2.24, 2.45) is 29.6 Å². The van der Waals surface area contributed by atoms with Crippen molar-refractivity contribution in [2.75, 3.05) is 6.54 Å². The Balaban J connectivity index is 1.50. The van der Waals surface area contributed by atoms with Crippen LogP contribution in [0.25, 0.3) is 0 Å². The third-order valence-corrected chi connectivity index (χ3v) is 5.64. The fourth-order valence-corrected chi connectivity index (χ4v) is 4.61. The van der Waals surface area contributed by atoms with Gasteiger partial charge in [-0.3, -0.25) is 14.5 Å². The van der Waals surface area contributed by atoms with Gasteiger partial charge in [-0.25, -0.2) is 0 Å². The molecule has 5 unspecified atom stereocenters. The molecule has 0 spiro atoms. The summed E-state index contributed by atoms with van der Waals surface area (Å²) in [6.07, 6.45) is 11.9. The molecule has 3 aliphatic carbocycles. The van der Waals surface area contributed by atoms with E-state index in [-0.39, 0.29) is 23.7 Å². The summed E-state index contributed by atoms with van der Waals surface area (Å²) in [6, 6.07) is 0. The number of hydrogen-bond donors (Lipinski definition) is 0. The second kappa shape index (κ2) is 4.14. The molecule has 0 aromatic carbocycles. The summed E-state index contributed by atoms with van der Waals surface area (Å²) in [7, 11) is 0.